The second-order valence-electron chi connectivity index (χ2n) is 13.4. The molecule has 0 bridgehead atoms. The lowest BCUT2D eigenvalue weighted by atomic mass is 9.95. The summed E-state index contributed by atoms with van der Waals surface area (Å²) >= 11 is 0. The van der Waals surface area contributed by atoms with Gasteiger partial charge in [0.25, 0.3) is 22.9 Å². The number of hydrogen-bond acceptors (Lipinski definition) is 6. The Morgan fingerprint density at radius 1 is 0.351 bits per heavy atom. The second-order valence-corrected chi connectivity index (χ2v) is 13.4. The van der Waals surface area contributed by atoms with Crippen molar-refractivity contribution in [2.24, 2.45) is 0 Å². The van der Waals surface area contributed by atoms with E-state index < -0.39 is 22.9 Å². The van der Waals surface area contributed by atoms with Gasteiger partial charge in [0.1, 0.15) is 0 Å². The van der Waals surface area contributed by atoms with Crippen LogP contribution in [0.25, 0.3) is 21.9 Å². The maximum Gasteiger partial charge on any atom is 0.293 e. The standard InChI is InChI=1S/C48H33N5O4/c54-45-41-23-13-14-24-42(41)46(55)53(49-45)52-47(56)43(33-25-29-39(30-26-33)50(35-15-5-1-6-16-35)36-17-7-2-8-18-36)44(48(52)57)34-27-31-40(32-28-34)51(37-19-9-3-10-20-37)38-21-11-4-12-22-38/h1-32H,(H,49,54). The van der Waals surface area contributed by atoms with Crippen molar-refractivity contribution in [1.29, 1.82) is 0 Å². The number of aromatic nitrogens is 2. The van der Waals surface area contributed by atoms with E-state index in [1.54, 1.807) is 36.4 Å². The van der Waals surface area contributed by atoms with E-state index in [4.69, 9.17) is 0 Å². The first-order valence-electron chi connectivity index (χ1n) is 18.4. The lowest BCUT2D eigenvalue weighted by molar-refractivity contribution is -0.122. The van der Waals surface area contributed by atoms with Gasteiger partial charge >= 0.3 is 0 Å². The van der Waals surface area contributed by atoms with Crippen LogP contribution in [0, 0.1) is 0 Å². The minimum absolute atomic E-state index is 0.0781. The molecular formula is C48H33N5O4. The highest BCUT2D eigenvalue weighted by atomic mass is 16.2. The lowest BCUT2D eigenvalue weighted by Gasteiger charge is -2.25. The fraction of sp³-hybridized carbons (Fsp3) is 0. The number of carbonyl (C=O) groups excluding carboxylic acids is 2. The smallest absolute Gasteiger partial charge is 0.293 e. The summed E-state index contributed by atoms with van der Waals surface area (Å²) in [6.07, 6.45) is 0. The minimum atomic E-state index is -0.752. The molecule has 9 rings (SSSR count). The van der Waals surface area contributed by atoms with Crippen LogP contribution in [0.2, 0.25) is 0 Å². The quantitative estimate of drug-likeness (QED) is 0.148. The van der Waals surface area contributed by atoms with Crippen LogP contribution in [0.1, 0.15) is 11.1 Å². The number of imide groups is 1. The predicted molar refractivity (Wildman–Crippen MR) is 226 cm³/mol. The number of hydrogen-bond donors (Lipinski definition) is 1. The summed E-state index contributed by atoms with van der Waals surface area (Å²) in [4.78, 5) is 61.3. The molecule has 0 unspecified atom stereocenters. The number of nitrogens with zero attached hydrogens (tertiary/aromatic N) is 4. The molecule has 2 heterocycles. The number of anilines is 6. The van der Waals surface area contributed by atoms with Gasteiger partial charge in [0, 0.05) is 34.1 Å². The first-order valence-corrected chi connectivity index (χ1v) is 18.4. The van der Waals surface area contributed by atoms with Crippen molar-refractivity contribution in [3.8, 4) is 0 Å². The average Bonchev–Trinajstić information content (AvgIpc) is 3.53. The van der Waals surface area contributed by atoms with Gasteiger partial charge in [-0.15, -0.1) is 4.79 Å². The van der Waals surface area contributed by atoms with E-state index in [1.165, 1.54) is 12.1 Å². The number of carbonyl (C=O) groups is 2. The molecule has 0 spiro atoms. The highest BCUT2D eigenvalue weighted by molar-refractivity contribution is 6.55. The van der Waals surface area contributed by atoms with Gasteiger partial charge in [-0.2, -0.15) is 5.01 Å². The summed E-state index contributed by atoms with van der Waals surface area (Å²) in [6, 6.07) is 60.8. The Hall–Kier alpha value is -8.04. The highest BCUT2D eigenvalue weighted by Gasteiger charge is 2.42. The number of amides is 2. The van der Waals surface area contributed by atoms with Crippen LogP contribution in [-0.4, -0.2) is 21.7 Å². The van der Waals surface area contributed by atoms with Crippen molar-refractivity contribution in [2.75, 3.05) is 14.8 Å². The summed E-state index contributed by atoms with van der Waals surface area (Å²) in [7, 11) is 0. The molecule has 1 aliphatic heterocycles. The molecule has 0 aliphatic carbocycles. The predicted octanol–water partition coefficient (Wildman–Crippen LogP) is 9.25. The zero-order valence-electron chi connectivity index (χ0n) is 30.4. The summed E-state index contributed by atoms with van der Waals surface area (Å²) in [5.74, 6) is -1.50. The summed E-state index contributed by atoms with van der Waals surface area (Å²) in [5, 5.41) is 3.44. The zero-order chi connectivity index (χ0) is 38.9. The third kappa shape index (κ3) is 6.29. The molecule has 7 aromatic carbocycles. The van der Waals surface area contributed by atoms with Gasteiger partial charge in [0.15, 0.2) is 0 Å². The van der Waals surface area contributed by atoms with E-state index in [1.807, 2.05) is 146 Å². The lowest BCUT2D eigenvalue weighted by Crippen LogP contribution is -2.50. The molecule has 0 saturated heterocycles. The fourth-order valence-electron chi connectivity index (χ4n) is 7.32. The molecule has 2 amide bonds. The van der Waals surface area contributed by atoms with Crippen LogP contribution in [0.15, 0.2) is 204 Å². The average molecular weight is 744 g/mol. The Morgan fingerprint density at radius 3 is 1.04 bits per heavy atom. The van der Waals surface area contributed by atoms with Crippen LogP contribution in [-0.2, 0) is 9.59 Å². The molecule has 274 valence electrons. The Labute approximate surface area is 327 Å². The monoisotopic (exact) mass is 743 g/mol. The van der Waals surface area contributed by atoms with E-state index in [0.29, 0.717) is 11.1 Å². The van der Waals surface area contributed by atoms with Crippen LogP contribution >= 0.6 is 0 Å². The number of fused-ring (bicyclic) bond motifs is 1. The third-order valence-corrected chi connectivity index (χ3v) is 9.95. The van der Waals surface area contributed by atoms with Gasteiger partial charge in [0.05, 0.1) is 21.9 Å². The van der Waals surface area contributed by atoms with Crippen LogP contribution in [0.5, 0.6) is 0 Å². The molecule has 0 fully saturated rings. The maximum absolute atomic E-state index is 14.7. The van der Waals surface area contributed by atoms with Crippen LogP contribution < -0.4 is 25.9 Å². The molecule has 0 atom stereocenters. The molecule has 1 aromatic heterocycles. The maximum atomic E-state index is 14.7. The van der Waals surface area contributed by atoms with Gasteiger partial charge in [-0.1, -0.05) is 109 Å². The van der Waals surface area contributed by atoms with E-state index in [9.17, 15) is 19.2 Å². The Kier molecular flexibility index (Phi) is 8.92. The Bertz CT molecular complexity index is 2680. The van der Waals surface area contributed by atoms with Crippen molar-refractivity contribution >= 4 is 67.9 Å². The van der Waals surface area contributed by atoms with E-state index >= 15 is 0 Å². The van der Waals surface area contributed by atoms with Gasteiger partial charge in [-0.25, -0.2) is 5.10 Å². The fourth-order valence-corrected chi connectivity index (χ4v) is 7.32. The van der Waals surface area contributed by atoms with Crippen molar-refractivity contribution in [2.45, 2.75) is 0 Å². The number of rotatable bonds is 9. The number of nitrogens with one attached hydrogen (secondary N) is 1. The third-order valence-electron chi connectivity index (χ3n) is 9.95. The van der Waals surface area contributed by atoms with Crippen LogP contribution in [0.3, 0.4) is 0 Å². The summed E-state index contributed by atoms with van der Waals surface area (Å²) in [5.41, 5.74) is 5.20. The van der Waals surface area contributed by atoms with Crippen molar-refractivity contribution < 1.29 is 9.59 Å². The van der Waals surface area contributed by atoms with Crippen molar-refractivity contribution in [3.05, 3.63) is 226 Å². The number of para-hydroxylation sites is 4. The molecule has 57 heavy (non-hydrogen) atoms. The summed E-state index contributed by atoms with van der Waals surface area (Å²) < 4.78 is 0. The topological polar surface area (TPSA) is 98.7 Å². The Morgan fingerprint density at radius 2 is 0.667 bits per heavy atom. The summed E-state index contributed by atoms with van der Waals surface area (Å²) in [6.45, 7) is 0. The van der Waals surface area contributed by atoms with Crippen molar-refractivity contribution in [1.82, 2.24) is 9.89 Å². The van der Waals surface area contributed by atoms with E-state index in [-0.39, 0.29) is 21.9 Å². The molecule has 8 aromatic rings. The molecule has 0 radical (unpaired) electrons. The first kappa shape index (κ1) is 34.7. The molecule has 0 saturated carbocycles. The normalized spacial score (nSPS) is 12.7. The Balaban J connectivity index is 1.18. The molecule has 1 N–H and O–H groups in total. The zero-order valence-corrected chi connectivity index (χ0v) is 30.4. The number of H-pyrrole nitrogens is 1. The molecule has 9 nitrogen and oxygen atoms in total. The molecular weight excluding hydrogens is 711 g/mol. The minimum Gasteiger partial charge on any atom is -0.311 e. The van der Waals surface area contributed by atoms with Crippen molar-refractivity contribution in [3.63, 3.8) is 0 Å². The van der Waals surface area contributed by atoms with Gasteiger partial charge in [0.2, 0.25) is 0 Å². The second kappa shape index (κ2) is 14.7. The highest BCUT2D eigenvalue weighted by Crippen LogP contribution is 2.40. The van der Waals surface area contributed by atoms with Gasteiger partial charge in [-0.3, -0.25) is 19.2 Å². The number of aromatic amines is 1. The first-order chi connectivity index (χ1) is 28.0. The molecule has 1 aliphatic rings. The van der Waals surface area contributed by atoms with Gasteiger partial charge < -0.3 is 9.80 Å². The van der Waals surface area contributed by atoms with E-state index in [2.05, 4.69) is 14.9 Å². The van der Waals surface area contributed by atoms with E-state index in [0.717, 1.165) is 43.9 Å². The number of benzene rings is 7. The van der Waals surface area contributed by atoms with Crippen LogP contribution in [0.4, 0.5) is 34.1 Å². The molecule has 9 heteroatoms. The largest absolute Gasteiger partial charge is 0.311 e. The SMILES string of the molecule is O=C1C(c2ccc(N(c3ccccc3)c3ccccc3)cc2)=C(c2ccc(N(c3ccccc3)c3ccccc3)cc2)C(=O)N1n1[nH]c(=O)c2ccccc2c1=O. The van der Waals surface area contributed by atoms with Gasteiger partial charge in [-0.05, 0) is 96.1 Å².